The molecule has 0 fully saturated rings. The summed E-state index contributed by atoms with van der Waals surface area (Å²) in [6.45, 7) is 7.05. The molecular weight excluding hydrogens is 266 g/mol. The van der Waals surface area contributed by atoms with Crippen LogP contribution in [-0.4, -0.2) is 19.7 Å². The van der Waals surface area contributed by atoms with E-state index in [0.29, 0.717) is 6.54 Å². The van der Waals surface area contributed by atoms with Gasteiger partial charge in [-0.2, -0.15) is 5.10 Å². The number of fused-ring (bicyclic) bond motifs is 1. The molecule has 2 heterocycles. The number of nitrogens with zero attached hydrogens (tertiary/aromatic N) is 2. The molecule has 1 aromatic carbocycles. The molecule has 3 N–H and O–H groups in total. The van der Waals surface area contributed by atoms with Crippen LogP contribution >= 0.6 is 0 Å². The highest BCUT2D eigenvalue weighted by Crippen LogP contribution is 2.17. The van der Waals surface area contributed by atoms with Gasteiger partial charge in [-0.05, 0) is 39.0 Å². The minimum Gasteiger partial charge on any atom is -0.381 e. The Labute approximate surface area is 122 Å². The minimum absolute atomic E-state index is 0.0121. The van der Waals surface area contributed by atoms with E-state index >= 15 is 0 Å². The van der Waals surface area contributed by atoms with Crippen molar-refractivity contribution in [3.8, 4) is 0 Å². The monoisotopic (exact) mass is 285 g/mol. The summed E-state index contributed by atoms with van der Waals surface area (Å²) in [6.07, 6.45) is 3.92. The fraction of sp³-hybridized carbons (Fsp3) is 0.333. The van der Waals surface area contributed by atoms with Crippen LogP contribution in [0, 0.1) is 0 Å². The molecule has 6 nitrogen and oxygen atoms in total. The van der Waals surface area contributed by atoms with Crippen molar-refractivity contribution in [2.45, 2.75) is 32.9 Å². The average molecular weight is 285 g/mol. The molecule has 0 aliphatic heterocycles. The maximum Gasteiger partial charge on any atom is 0.323 e. The Morgan fingerprint density at radius 3 is 2.71 bits per heavy atom. The molecule has 3 aromatic rings. The number of H-pyrrole nitrogens is 2. The predicted octanol–water partition coefficient (Wildman–Crippen LogP) is 2.42. The van der Waals surface area contributed by atoms with Crippen molar-refractivity contribution in [1.82, 2.24) is 19.7 Å². The van der Waals surface area contributed by atoms with Crippen molar-refractivity contribution >= 4 is 16.7 Å². The van der Waals surface area contributed by atoms with Gasteiger partial charge in [0.1, 0.15) is 0 Å². The molecule has 0 aliphatic rings. The third-order valence-corrected chi connectivity index (χ3v) is 3.34. The molecule has 0 atom stereocenters. The number of aromatic amines is 2. The van der Waals surface area contributed by atoms with E-state index in [2.05, 4.69) is 41.2 Å². The highest BCUT2D eigenvalue weighted by Gasteiger charge is 2.13. The zero-order valence-corrected chi connectivity index (χ0v) is 12.4. The fourth-order valence-electron chi connectivity index (χ4n) is 2.16. The molecule has 0 saturated carbocycles. The molecule has 110 valence electrons. The molecule has 2 aromatic heterocycles. The first-order valence-corrected chi connectivity index (χ1v) is 6.92. The van der Waals surface area contributed by atoms with E-state index in [1.807, 2.05) is 35.3 Å². The van der Waals surface area contributed by atoms with Crippen LogP contribution in [0.3, 0.4) is 0 Å². The van der Waals surface area contributed by atoms with Crippen LogP contribution in [0.25, 0.3) is 11.0 Å². The van der Waals surface area contributed by atoms with Crippen molar-refractivity contribution < 1.29 is 0 Å². The number of hydrogen-bond acceptors (Lipinski definition) is 3. The number of aromatic nitrogens is 4. The third kappa shape index (κ3) is 2.84. The van der Waals surface area contributed by atoms with Gasteiger partial charge in [0.2, 0.25) is 0 Å². The van der Waals surface area contributed by atoms with Gasteiger partial charge in [0.25, 0.3) is 0 Å². The molecule has 21 heavy (non-hydrogen) atoms. The van der Waals surface area contributed by atoms with Crippen molar-refractivity contribution in [2.24, 2.45) is 0 Å². The number of hydrogen-bond donors (Lipinski definition) is 3. The Kier molecular flexibility index (Phi) is 3.08. The topological polar surface area (TPSA) is 78.5 Å². The van der Waals surface area contributed by atoms with Crippen molar-refractivity contribution in [2.75, 3.05) is 5.32 Å². The van der Waals surface area contributed by atoms with Crippen LogP contribution in [0.5, 0.6) is 0 Å². The van der Waals surface area contributed by atoms with E-state index in [1.54, 1.807) is 0 Å². The van der Waals surface area contributed by atoms with Crippen molar-refractivity contribution in [3.05, 3.63) is 46.6 Å². The highest BCUT2D eigenvalue weighted by molar-refractivity contribution is 5.78. The normalized spacial score (nSPS) is 12.0. The molecule has 0 spiro atoms. The van der Waals surface area contributed by atoms with Crippen molar-refractivity contribution in [1.29, 1.82) is 0 Å². The summed E-state index contributed by atoms with van der Waals surface area (Å²) < 4.78 is 1.96. The Bertz CT molecular complexity index is 818. The van der Waals surface area contributed by atoms with Gasteiger partial charge in [0.05, 0.1) is 22.8 Å². The smallest absolute Gasteiger partial charge is 0.323 e. The standard InChI is InChI=1S/C15H19N5O/c1-15(2,3)20-9-10(8-17-20)7-16-11-4-5-12-13(6-11)19-14(21)18-12/h4-6,8-9,16H,7H2,1-3H3,(H2,18,19,21). The predicted molar refractivity (Wildman–Crippen MR) is 83.5 cm³/mol. The number of imidazole rings is 1. The van der Waals surface area contributed by atoms with Gasteiger partial charge in [-0.15, -0.1) is 0 Å². The van der Waals surface area contributed by atoms with Crippen LogP contribution in [0.15, 0.2) is 35.4 Å². The maximum absolute atomic E-state index is 11.2. The summed E-state index contributed by atoms with van der Waals surface area (Å²) in [5.74, 6) is 0. The summed E-state index contributed by atoms with van der Waals surface area (Å²) in [6, 6.07) is 5.75. The van der Waals surface area contributed by atoms with E-state index in [1.165, 1.54) is 0 Å². The zero-order chi connectivity index (χ0) is 15.0. The third-order valence-electron chi connectivity index (χ3n) is 3.34. The zero-order valence-electron chi connectivity index (χ0n) is 12.4. The molecule has 6 heteroatoms. The lowest BCUT2D eigenvalue weighted by molar-refractivity contribution is 0.355. The second-order valence-electron chi connectivity index (χ2n) is 6.16. The lowest BCUT2D eigenvalue weighted by atomic mass is 10.1. The molecule has 0 radical (unpaired) electrons. The largest absolute Gasteiger partial charge is 0.381 e. The maximum atomic E-state index is 11.2. The Balaban J connectivity index is 1.74. The first kappa shape index (κ1) is 13.5. The van der Waals surface area contributed by atoms with Crippen LogP contribution in [-0.2, 0) is 12.1 Å². The molecule has 3 rings (SSSR count). The van der Waals surface area contributed by atoms with Gasteiger partial charge in [-0.3, -0.25) is 4.68 Å². The molecule has 0 aliphatic carbocycles. The Morgan fingerprint density at radius 2 is 2.00 bits per heavy atom. The second kappa shape index (κ2) is 4.80. The second-order valence-corrected chi connectivity index (χ2v) is 6.16. The molecule has 0 bridgehead atoms. The lowest BCUT2D eigenvalue weighted by Gasteiger charge is -2.18. The van der Waals surface area contributed by atoms with E-state index < -0.39 is 0 Å². The van der Waals surface area contributed by atoms with E-state index in [4.69, 9.17) is 0 Å². The molecular formula is C15H19N5O. The van der Waals surface area contributed by atoms with Gasteiger partial charge >= 0.3 is 5.69 Å². The number of nitrogens with one attached hydrogen (secondary N) is 3. The van der Waals surface area contributed by atoms with Gasteiger partial charge in [-0.25, -0.2) is 4.79 Å². The van der Waals surface area contributed by atoms with Crippen LogP contribution in [0.2, 0.25) is 0 Å². The van der Waals surface area contributed by atoms with Crippen LogP contribution < -0.4 is 11.0 Å². The van der Waals surface area contributed by atoms with Crippen LogP contribution in [0.1, 0.15) is 26.3 Å². The first-order chi connectivity index (χ1) is 9.91. The fourth-order valence-corrected chi connectivity index (χ4v) is 2.16. The summed E-state index contributed by atoms with van der Waals surface area (Å²) >= 11 is 0. The molecule has 0 amide bonds. The first-order valence-electron chi connectivity index (χ1n) is 6.92. The average Bonchev–Trinajstić information content (AvgIpc) is 3.00. The van der Waals surface area contributed by atoms with Gasteiger partial charge in [0, 0.05) is 24.0 Å². The van der Waals surface area contributed by atoms with E-state index in [-0.39, 0.29) is 11.2 Å². The van der Waals surface area contributed by atoms with Gasteiger partial charge < -0.3 is 15.3 Å². The highest BCUT2D eigenvalue weighted by atomic mass is 16.1. The summed E-state index contributed by atoms with van der Waals surface area (Å²) in [5.41, 5.74) is 3.49. The van der Waals surface area contributed by atoms with E-state index in [9.17, 15) is 4.79 Å². The van der Waals surface area contributed by atoms with Crippen molar-refractivity contribution in [3.63, 3.8) is 0 Å². The summed E-state index contributed by atoms with van der Waals surface area (Å²) in [7, 11) is 0. The number of benzene rings is 1. The summed E-state index contributed by atoms with van der Waals surface area (Å²) in [5, 5.41) is 7.72. The quantitative estimate of drug-likeness (QED) is 0.691. The number of rotatable bonds is 3. The Morgan fingerprint density at radius 1 is 1.24 bits per heavy atom. The number of anilines is 1. The lowest BCUT2D eigenvalue weighted by Crippen LogP contribution is -2.21. The minimum atomic E-state index is -0.186. The molecule has 0 saturated heterocycles. The Hall–Kier alpha value is -2.50. The summed E-state index contributed by atoms with van der Waals surface area (Å²) in [4.78, 5) is 16.7. The van der Waals surface area contributed by atoms with Gasteiger partial charge in [-0.1, -0.05) is 0 Å². The van der Waals surface area contributed by atoms with Crippen LogP contribution in [0.4, 0.5) is 5.69 Å². The molecule has 0 unspecified atom stereocenters. The van der Waals surface area contributed by atoms with E-state index in [0.717, 1.165) is 22.3 Å². The SMILES string of the molecule is CC(C)(C)n1cc(CNc2ccc3[nH]c(=O)[nH]c3c2)cn1. The van der Waals surface area contributed by atoms with Gasteiger partial charge in [0.15, 0.2) is 0 Å².